The molecule has 2 amide bonds. The Bertz CT molecular complexity index is 1110. The number of aromatic nitrogens is 3. The zero-order chi connectivity index (χ0) is 21.3. The molecule has 3 aromatic rings. The number of halogens is 1. The van der Waals surface area contributed by atoms with E-state index in [1.165, 1.54) is 18.9 Å². The molecular weight excluding hydrogens is 410 g/mol. The minimum Gasteiger partial charge on any atom is -0.497 e. The van der Waals surface area contributed by atoms with E-state index in [0.29, 0.717) is 34.0 Å². The van der Waals surface area contributed by atoms with Crippen LogP contribution in [0.5, 0.6) is 11.5 Å². The average Bonchev–Trinajstić information content (AvgIpc) is 3.27. The molecule has 0 fully saturated rings. The standard InChI is InChI=1S/C20H18ClN5O4/c1-29-13-7-8-16(30-2)14(9-13)22-17(27)10-15-19(28)24-20-23-18(25-26(15)20)11-3-5-12(21)6-4-11/h3-9,15H,10H2,1-2H3,(H,22,27)(H,23,24,25,28)/t15-/m0/s1. The minimum absolute atomic E-state index is 0.122. The number of rotatable bonds is 6. The molecule has 0 spiro atoms. The van der Waals surface area contributed by atoms with Gasteiger partial charge in [-0.25, -0.2) is 4.68 Å². The van der Waals surface area contributed by atoms with Crippen LogP contribution in [-0.4, -0.2) is 40.8 Å². The van der Waals surface area contributed by atoms with E-state index in [0.717, 1.165) is 5.56 Å². The Morgan fingerprint density at radius 2 is 1.97 bits per heavy atom. The molecule has 2 aromatic carbocycles. The van der Waals surface area contributed by atoms with Gasteiger partial charge in [0.2, 0.25) is 11.9 Å². The maximum Gasteiger partial charge on any atom is 0.252 e. The Morgan fingerprint density at radius 3 is 2.67 bits per heavy atom. The molecule has 0 unspecified atom stereocenters. The third-order valence-electron chi connectivity index (χ3n) is 4.63. The number of hydrogen-bond donors (Lipinski definition) is 2. The van der Waals surface area contributed by atoms with E-state index in [4.69, 9.17) is 21.1 Å². The number of benzene rings is 2. The number of amides is 2. The van der Waals surface area contributed by atoms with Gasteiger partial charge in [0.25, 0.3) is 5.91 Å². The molecular formula is C20H18ClN5O4. The molecule has 0 saturated heterocycles. The molecule has 10 heteroatoms. The van der Waals surface area contributed by atoms with Crippen molar-refractivity contribution in [3.8, 4) is 22.9 Å². The zero-order valence-corrected chi connectivity index (χ0v) is 16.9. The largest absolute Gasteiger partial charge is 0.497 e. The fourth-order valence-corrected chi connectivity index (χ4v) is 3.25. The number of carbonyl (C=O) groups excluding carboxylic acids is 2. The van der Waals surface area contributed by atoms with Crippen molar-refractivity contribution in [1.82, 2.24) is 14.8 Å². The van der Waals surface area contributed by atoms with Crippen molar-refractivity contribution in [3.05, 3.63) is 47.5 Å². The highest BCUT2D eigenvalue weighted by Crippen LogP contribution is 2.31. The van der Waals surface area contributed by atoms with Gasteiger partial charge in [-0.05, 0) is 36.4 Å². The predicted octanol–water partition coefficient (Wildman–Crippen LogP) is 3.14. The Labute approximate surface area is 177 Å². The smallest absolute Gasteiger partial charge is 0.252 e. The molecule has 1 aliphatic heterocycles. The second-order valence-electron chi connectivity index (χ2n) is 6.53. The lowest BCUT2D eigenvalue weighted by Crippen LogP contribution is -2.24. The third kappa shape index (κ3) is 3.79. The third-order valence-corrected chi connectivity index (χ3v) is 4.88. The van der Waals surface area contributed by atoms with E-state index in [1.807, 2.05) is 0 Å². The van der Waals surface area contributed by atoms with Gasteiger partial charge in [-0.2, -0.15) is 4.98 Å². The van der Waals surface area contributed by atoms with Gasteiger partial charge in [-0.1, -0.05) is 11.6 Å². The topological polar surface area (TPSA) is 107 Å². The first-order valence-corrected chi connectivity index (χ1v) is 9.41. The van der Waals surface area contributed by atoms with Crippen LogP contribution in [-0.2, 0) is 9.59 Å². The van der Waals surface area contributed by atoms with Crippen molar-refractivity contribution in [1.29, 1.82) is 0 Å². The van der Waals surface area contributed by atoms with Crippen LogP contribution in [0.2, 0.25) is 5.02 Å². The summed E-state index contributed by atoms with van der Waals surface area (Å²) in [5.41, 5.74) is 1.20. The second-order valence-corrected chi connectivity index (χ2v) is 6.97. The summed E-state index contributed by atoms with van der Waals surface area (Å²) in [5.74, 6) is 1.05. The summed E-state index contributed by atoms with van der Waals surface area (Å²) >= 11 is 5.92. The summed E-state index contributed by atoms with van der Waals surface area (Å²) in [7, 11) is 3.03. The van der Waals surface area contributed by atoms with Gasteiger partial charge in [0.15, 0.2) is 5.82 Å². The first-order chi connectivity index (χ1) is 14.5. The fraction of sp³-hybridized carbons (Fsp3) is 0.200. The summed E-state index contributed by atoms with van der Waals surface area (Å²) in [6.45, 7) is 0. The molecule has 9 nitrogen and oxygen atoms in total. The molecule has 4 rings (SSSR count). The van der Waals surface area contributed by atoms with E-state index in [9.17, 15) is 9.59 Å². The van der Waals surface area contributed by atoms with Crippen LogP contribution in [0.15, 0.2) is 42.5 Å². The fourth-order valence-electron chi connectivity index (χ4n) is 3.12. The molecule has 154 valence electrons. The molecule has 30 heavy (non-hydrogen) atoms. The molecule has 0 bridgehead atoms. The van der Waals surface area contributed by atoms with Crippen LogP contribution in [0.3, 0.4) is 0 Å². The highest BCUT2D eigenvalue weighted by atomic mass is 35.5. The Hall–Kier alpha value is -3.59. The number of ether oxygens (including phenoxy) is 2. The highest BCUT2D eigenvalue weighted by Gasteiger charge is 2.35. The number of anilines is 2. The number of hydrogen-bond acceptors (Lipinski definition) is 6. The van der Waals surface area contributed by atoms with Crippen molar-refractivity contribution in [2.24, 2.45) is 0 Å². The first-order valence-electron chi connectivity index (χ1n) is 9.03. The molecule has 0 radical (unpaired) electrons. The number of fused-ring (bicyclic) bond motifs is 1. The van der Waals surface area contributed by atoms with Crippen LogP contribution in [0.4, 0.5) is 11.6 Å². The molecule has 2 N–H and O–H groups in total. The van der Waals surface area contributed by atoms with Gasteiger partial charge in [-0.3, -0.25) is 14.9 Å². The van der Waals surface area contributed by atoms with Crippen LogP contribution in [0.25, 0.3) is 11.4 Å². The van der Waals surface area contributed by atoms with E-state index in [1.54, 1.807) is 42.5 Å². The molecule has 1 aromatic heterocycles. The van der Waals surface area contributed by atoms with Crippen molar-refractivity contribution >= 4 is 35.1 Å². The quantitative estimate of drug-likeness (QED) is 0.625. The summed E-state index contributed by atoms with van der Waals surface area (Å²) in [6.07, 6.45) is -0.122. The van der Waals surface area contributed by atoms with Crippen LogP contribution < -0.4 is 20.1 Å². The summed E-state index contributed by atoms with van der Waals surface area (Å²) in [4.78, 5) is 29.3. The molecule has 0 saturated carbocycles. The van der Waals surface area contributed by atoms with Crippen molar-refractivity contribution in [2.45, 2.75) is 12.5 Å². The van der Waals surface area contributed by atoms with Crippen LogP contribution >= 0.6 is 11.6 Å². The van der Waals surface area contributed by atoms with Gasteiger partial charge >= 0.3 is 0 Å². The zero-order valence-electron chi connectivity index (χ0n) is 16.2. The maximum atomic E-state index is 12.6. The number of nitrogens with one attached hydrogen (secondary N) is 2. The van der Waals surface area contributed by atoms with Crippen molar-refractivity contribution in [3.63, 3.8) is 0 Å². The lowest BCUT2D eigenvalue weighted by atomic mass is 10.2. The second kappa shape index (κ2) is 8.03. The van der Waals surface area contributed by atoms with Gasteiger partial charge in [-0.15, -0.1) is 5.10 Å². The maximum absolute atomic E-state index is 12.6. The summed E-state index contributed by atoms with van der Waals surface area (Å²) in [6, 6.07) is 11.3. The number of nitrogens with zero attached hydrogens (tertiary/aromatic N) is 3. The summed E-state index contributed by atoms with van der Waals surface area (Å²) < 4.78 is 11.9. The van der Waals surface area contributed by atoms with Gasteiger partial charge in [0, 0.05) is 16.7 Å². The number of carbonyl (C=O) groups is 2. The van der Waals surface area contributed by atoms with Crippen LogP contribution in [0.1, 0.15) is 12.5 Å². The van der Waals surface area contributed by atoms with Gasteiger partial charge in [0.1, 0.15) is 17.5 Å². The molecule has 0 aliphatic carbocycles. The normalized spacial score (nSPS) is 14.8. The van der Waals surface area contributed by atoms with Crippen molar-refractivity contribution < 1.29 is 19.1 Å². The predicted molar refractivity (Wildman–Crippen MR) is 111 cm³/mol. The average molecular weight is 428 g/mol. The van der Waals surface area contributed by atoms with Gasteiger partial charge < -0.3 is 14.8 Å². The van der Waals surface area contributed by atoms with E-state index >= 15 is 0 Å². The lowest BCUT2D eigenvalue weighted by molar-refractivity contribution is -0.123. The Kier molecular flexibility index (Phi) is 5.28. The van der Waals surface area contributed by atoms with Gasteiger partial charge in [0.05, 0.1) is 26.3 Å². The SMILES string of the molecule is COc1ccc(OC)c(NC(=O)C[C@H]2C(=O)Nc3nc(-c4ccc(Cl)cc4)nn32)c1. The monoisotopic (exact) mass is 427 g/mol. The molecule has 2 heterocycles. The minimum atomic E-state index is -0.815. The Balaban J connectivity index is 1.53. The van der Waals surface area contributed by atoms with E-state index in [2.05, 4.69) is 20.7 Å². The lowest BCUT2D eigenvalue weighted by Gasteiger charge is -2.13. The number of methoxy groups -OCH3 is 2. The first kappa shape index (κ1) is 19.7. The van der Waals surface area contributed by atoms with E-state index in [-0.39, 0.29) is 18.2 Å². The van der Waals surface area contributed by atoms with Crippen molar-refractivity contribution in [2.75, 3.05) is 24.9 Å². The molecule has 1 atom stereocenters. The van der Waals surface area contributed by atoms with Crippen LogP contribution in [0, 0.1) is 0 Å². The Morgan fingerprint density at radius 1 is 1.20 bits per heavy atom. The highest BCUT2D eigenvalue weighted by molar-refractivity contribution is 6.30. The summed E-state index contributed by atoms with van der Waals surface area (Å²) in [5, 5.41) is 10.4. The van der Waals surface area contributed by atoms with E-state index < -0.39 is 6.04 Å². The molecule has 1 aliphatic rings.